The summed E-state index contributed by atoms with van der Waals surface area (Å²) < 4.78 is 0. The molecule has 2 aliphatic carbocycles. The predicted molar refractivity (Wildman–Crippen MR) is 127 cm³/mol. The summed E-state index contributed by atoms with van der Waals surface area (Å²) in [6.45, 7) is 3.94. The van der Waals surface area contributed by atoms with Gasteiger partial charge < -0.3 is 5.32 Å². The van der Waals surface area contributed by atoms with Crippen molar-refractivity contribution in [1.82, 2.24) is 0 Å². The Kier molecular flexibility index (Phi) is 5.09. The maximum atomic E-state index is 13.4. The van der Waals surface area contributed by atoms with Gasteiger partial charge in [0.2, 0.25) is 11.8 Å². The number of anilines is 2. The number of hydrogen-bond acceptors (Lipinski definition) is 3. The number of rotatable bonds is 3. The largest absolute Gasteiger partial charge is 0.322 e. The number of carbonyl (C=O) groups is 3. The van der Waals surface area contributed by atoms with Gasteiger partial charge in [-0.1, -0.05) is 56.1 Å². The number of imide groups is 1. The summed E-state index contributed by atoms with van der Waals surface area (Å²) in [6, 6.07) is 12.6. The van der Waals surface area contributed by atoms with Crippen LogP contribution in [0.5, 0.6) is 0 Å². The van der Waals surface area contributed by atoms with E-state index in [-0.39, 0.29) is 51.0 Å². The molecule has 2 saturated carbocycles. The molecular formula is C24H22Br2N2O3. The van der Waals surface area contributed by atoms with Gasteiger partial charge in [-0.3, -0.25) is 14.4 Å². The third kappa shape index (κ3) is 3.04. The highest BCUT2D eigenvalue weighted by Gasteiger charge is 2.66. The zero-order valence-electron chi connectivity index (χ0n) is 17.1. The van der Waals surface area contributed by atoms with Crippen LogP contribution in [0.15, 0.2) is 42.5 Å². The minimum Gasteiger partial charge on any atom is -0.322 e. The van der Waals surface area contributed by atoms with Gasteiger partial charge in [0.15, 0.2) is 0 Å². The minimum atomic E-state index is -0.332. The van der Waals surface area contributed by atoms with Crippen molar-refractivity contribution < 1.29 is 14.4 Å². The summed E-state index contributed by atoms with van der Waals surface area (Å²) in [5.74, 6) is -1.05. The Morgan fingerprint density at radius 3 is 2.19 bits per heavy atom. The Morgan fingerprint density at radius 2 is 1.55 bits per heavy atom. The van der Waals surface area contributed by atoms with Crippen molar-refractivity contribution in [2.75, 3.05) is 10.2 Å². The molecule has 1 aliphatic heterocycles. The van der Waals surface area contributed by atoms with Gasteiger partial charge in [0.05, 0.1) is 23.1 Å². The van der Waals surface area contributed by atoms with Crippen LogP contribution in [0.1, 0.15) is 27.9 Å². The highest BCUT2D eigenvalue weighted by Crippen LogP contribution is 2.60. The number of hydrogen-bond donors (Lipinski definition) is 1. The molecule has 31 heavy (non-hydrogen) atoms. The maximum absolute atomic E-state index is 13.4. The van der Waals surface area contributed by atoms with Gasteiger partial charge in [-0.2, -0.15) is 0 Å². The molecule has 2 aromatic rings. The highest BCUT2D eigenvalue weighted by molar-refractivity contribution is 9.12. The van der Waals surface area contributed by atoms with Gasteiger partial charge in [-0.15, -0.1) is 0 Å². The molecule has 3 aliphatic rings. The van der Waals surface area contributed by atoms with Crippen LogP contribution in [-0.2, 0) is 9.59 Å². The van der Waals surface area contributed by atoms with Crippen molar-refractivity contribution in [3.63, 3.8) is 0 Å². The zero-order valence-corrected chi connectivity index (χ0v) is 20.3. The van der Waals surface area contributed by atoms with Crippen molar-refractivity contribution in [1.29, 1.82) is 0 Å². The van der Waals surface area contributed by atoms with Crippen LogP contribution in [-0.4, -0.2) is 27.4 Å². The molecule has 1 saturated heterocycles. The van der Waals surface area contributed by atoms with Crippen LogP contribution in [0.25, 0.3) is 0 Å². The average molecular weight is 546 g/mol. The summed E-state index contributed by atoms with van der Waals surface area (Å²) in [5.41, 5.74) is 3.47. The Morgan fingerprint density at radius 1 is 0.935 bits per heavy atom. The number of benzene rings is 2. The SMILES string of the molecule is Cc1cccc(NC(=O)c2ccccc2N2C(=O)[C@@H]3[C@H]4C[C@@H]([C@H](Br)[C@@H]4Br)[C@@H]3C2=O)c1C. The molecule has 0 unspecified atom stereocenters. The third-order valence-corrected chi connectivity index (χ3v) is 10.4. The molecule has 5 nitrogen and oxygen atoms in total. The van der Waals surface area contributed by atoms with E-state index >= 15 is 0 Å². The lowest BCUT2D eigenvalue weighted by atomic mass is 9.81. The number of alkyl halides is 2. The van der Waals surface area contributed by atoms with Gasteiger partial charge in [-0.05, 0) is 61.4 Å². The van der Waals surface area contributed by atoms with Gasteiger partial charge in [0, 0.05) is 15.3 Å². The first-order valence-corrected chi connectivity index (χ1v) is 12.3. The normalized spacial score (nSPS) is 31.3. The molecule has 1 heterocycles. The lowest BCUT2D eigenvalue weighted by Crippen LogP contribution is -2.37. The van der Waals surface area contributed by atoms with Crippen LogP contribution in [0.2, 0.25) is 0 Å². The summed E-state index contributed by atoms with van der Waals surface area (Å²) >= 11 is 7.43. The molecule has 1 N–H and O–H groups in total. The molecule has 2 bridgehead atoms. The van der Waals surface area contributed by atoms with Crippen molar-refractivity contribution in [3.05, 3.63) is 59.2 Å². The number of fused-ring (bicyclic) bond motifs is 5. The fraction of sp³-hybridized carbons (Fsp3) is 0.375. The number of carbonyl (C=O) groups excluding carboxylic acids is 3. The number of para-hydroxylation sites is 1. The second kappa shape index (κ2) is 7.55. The lowest BCUT2D eigenvalue weighted by molar-refractivity contribution is -0.123. The van der Waals surface area contributed by atoms with Crippen LogP contribution >= 0.6 is 31.9 Å². The molecule has 0 aromatic heterocycles. The number of nitrogens with zero attached hydrogens (tertiary/aromatic N) is 1. The van der Waals surface area contributed by atoms with Crippen LogP contribution in [0.4, 0.5) is 11.4 Å². The standard InChI is InChI=1S/C24H22Br2N2O3/c1-11-6-5-8-16(12(11)2)27-22(29)13-7-3-4-9-17(13)28-23(30)18-14-10-15(19(18)24(28)31)21(26)20(14)25/h3-9,14-15,18-21H,10H2,1-2H3,(H,27,29)/t14-,15-,18-,19+,20-,21+/m1/s1. The Bertz CT molecular complexity index is 1090. The number of halogens is 2. The monoisotopic (exact) mass is 544 g/mol. The predicted octanol–water partition coefficient (Wildman–Crippen LogP) is 4.84. The van der Waals surface area contributed by atoms with Crippen LogP contribution in [0.3, 0.4) is 0 Å². The van der Waals surface area contributed by atoms with E-state index in [1.807, 2.05) is 32.0 Å². The Labute approximate surface area is 197 Å². The zero-order chi connectivity index (χ0) is 22.0. The third-order valence-electron chi connectivity index (χ3n) is 7.23. The van der Waals surface area contributed by atoms with Crippen molar-refractivity contribution in [3.8, 4) is 0 Å². The fourth-order valence-electron chi connectivity index (χ4n) is 5.52. The van der Waals surface area contributed by atoms with Crippen molar-refractivity contribution in [2.45, 2.75) is 29.9 Å². The van der Waals surface area contributed by atoms with E-state index < -0.39 is 0 Å². The highest BCUT2D eigenvalue weighted by atomic mass is 79.9. The molecule has 7 heteroatoms. The van der Waals surface area contributed by atoms with Crippen molar-refractivity contribution in [2.24, 2.45) is 23.7 Å². The van der Waals surface area contributed by atoms with E-state index in [1.54, 1.807) is 24.3 Å². The summed E-state index contributed by atoms with van der Waals surface area (Å²) in [4.78, 5) is 41.6. The molecule has 3 fully saturated rings. The van der Waals surface area contributed by atoms with E-state index in [9.17, 15) is 14.4 Å². The Balaban J connectivity index is 1.49. The molecular weight excluding hydrogens is 524 g/mol. The van der Waals surface area contributed by atoms with Crippen LogP contribution in [0, 0.1) is 37.5 Å². The van der Waals surface area contributed by atoms with Gasteiger partial charge in [0.1, 0.15) is 0 Å². The molecule has 160 valence electrons. The minimum absolute atomic E-state index is 0.136. The summed E-state index contributed by atoms with van der Waals surface area (Å²) in [6.07, 6.45) is 0.876. The first-order valence-electron chi connectivity index (χ1n) is 10.4. The Hall–Kier alpha value is -1.99. The first-order chi connectivity index (χ1) is 14.8. The van der Waals surface area contributed by atoms with Crippen LogP contribution < -0.4 is 10.2 Å². The molecule has 6 atom stereocenters. The first kappa shape index (κ1) is 20.9. The van der Waals surface area contributed by atoms with Gasteiger partial charge in [0.25, 0.3) is 5.91 Å². The molecule has 5 rings (SSSR count). The van der Waals surface area contributed by atoms with E-state index in [0.717, 1.165) is 23.2 Å². The lowest BCUT2D eigenvalue weighted by Gasteiger charge is -2.28. The van der Waals surface area contributed by atoms with Crippen molar-refractivity contribution >= 4 is 61.0 Å². The molecule has 0 radical (unpaired) electrons. The number of nitrogens with one attached hydrogen (secondary N) is 1. The summed E-state index contributed by atoms with van der Waals surface area (Å²) in [5, 5.41) is 2.95. The molecule has 2 aromatic carbocycles. The van der Waals surface area contributed by atoms with E-state index in [4.69, 9.17) is 0 Å². The smallest absolute Gasteiger partial charge is 0.257 e. The average Bonchev–Trinajstić information content (AvgIpc) is 3.36. The fourth-order valence-corrected chi connectivity index (χ4v) is 7.40. The second-order valence-corrected chi connectivity index (χ2v) is 10.8. The maximum Gasteiger partial charge on any atom is 0.257 e. The molecule has 3 amide bonds. The van der Waals surface area contributed by atoms with E-state index in [0.29, 0.717) is 11.3 Å². The van der Waals surface area contributed by atoms with E-state index in [1.165, 1.54) is 4.90 Å². The second-order valence-electron chi connectivity index (χ2n) is 8.73. The molecule has 0 spiro atoms. The topological polar surface area (TPSA) is 66.5 Å². The number of amides is 3. The number of aryl methyl sites for hydroxylation is 1. The van der Waals surface area contributed by atoms with Gasteiger partial charge in [-0.25, -0.2) is 4.90 Å². The summed E-state index contributed by atoms with van der Waals surface area (Å²) in [7, 11) is 0. The quantitative estimate of drug-likeness (QED) is 0.443. The van der Waals surface area contributed by atoms with Gasteiger partial charge >= 0.3 is 0 Å². The van der Waals surface area contributed by atoms with E-state index in [2.05, 4.69) is 37.2 Å².